The van der Waals surface area contributed by atoms with E-state index in [0.717, 1.165) is 24.0 Å². The molecule has 1 atom stereocenters. The molecule has 5 rings (SSSR count). The fraction of sp³-hybridized carbons (Fsp3) is 0.286. The molecular formula is C28H29N7O3. The Hall–Kier alpha value is -4.62. The summed E-state index contributed by atoms with van der Waals surface area (Å²) >= 11 is 0. The number of aromatic nitrogens is 4. The first-order valence-electron chi connectivity index (χ1n) is 12.4. The maximum Gasteiger partial charge on any atom is 0.337 e. The molecule has 0 amide bonds. The van der Waals surface area contributed by atoms with Gasteiger partial charge in [-0.2, -0.15) is 4.98 Å². The Morgan fingerprint density at radius 1 is 1.16 bits per heavy atom. The van der Waals surface area contributed by atoms with E-state index < -0.39 is 11.2 Å². The van der Waals surface area contributed by atoms with Crippen molar-refractivity contribution in [2.24, 2.45) is 17.8 Å². The number of rotatable bonds is 6. The minimum atomic E-state index is -0.540. The van der Waals surface area contributed by atoms with Gasteiger partial charge in [-0.05, 0) is 50.7 Å². The van der Waals surface area contributed by atoms with Crippen LogP contribution in [0, 0.1) is 11.8 Å². The largest absolute Gasteiger partial charge is 0.453 e. The van der Waals surface area contributed by atoms with Crippen molar-refractivity contribution in [1.82, 2.24) is 18.7 Å². The number of nitrogens with zero attached hydrogens (tertiary/aromatic N) is 6. The first kappa shape index (κ1) is 25.0. The second-order valence-corrected chi connectivity index (χ2v) is 9.12. The number of imidazole rings is 1. The fourth-order valence-electron chi connectivity index (χ4n) is 4.78. The highest BCUT2D eigenvalue weighted by Crippen LogP contribution is 2.33. The number of fused-ring (bicyclic) bond motifs is 1. The van der Waals surface area contributed by atoms with Crippen molar-refractivity contribution in [2.75, 3.05) is 18.0 Å². The maximum absolute atomic E-state index is 14.1. The zero-order valence-corrected chi connectivity index (χ0v) is 21.4. The van der Waals surface area contributed by atoms with Gasteiger partial charge in [-0.3, -0.25) is 18.9 Å². The van der Waals surface area contributed by atoms with Gasteiger partial charge in [0.15, 0.2) is 22.7 Å². The third kappa shape index (κ3) is 4.37. The van der Waals surface area contributed by atoms with Gasteiger partial charge in [0, 0.05) is 26.2 Å². The summed E-state index contributed by atoms with van der Waals surface area (Å²) in [6, 6.07) is 14.0. The van der Waals surface area contributed by atoms with Crippen LogP contribution in [0.1, 0.15) is 19.8 Å². The molecule has 2 N–H and O–H groups in total. The van der Waals surface area contributed by atoms with Crippen molar-refractivity contribution in [3.63, 3.8) is 0 Å². The highest BCUT2D eigenvalue weighted by molar-refractivity contribution is 5.75. The van der Waals surface area contributed by atoms with Crippen LogP contribution in [0.25, 0.3) is 16.9 Å². The number of ether oxygens (including phenoxy) is 1. The summed E-state index contributed by atoms with van der Waals surface area (Å²) in [5.41, 5.74) is 6.61. The normalized spacial score (nSPS) is 15.2. The van der Waals surface area contributed by atoms with E-state index >= 15 is 0 Å². The molecule has 0 unspecified atom stereocenters. The maximum atomic E-state index is 14.1. The Morgan fingerprint density at radius 3 is 2.63 bits per heavy atom. The summed E-state index contributed by atoms with van der Waals surface area (Å²) in [5, 5.41) is 0. The van der Waals surface area contributed by atoms with Gasteiger partial charge in [0.1, 0.15) is 5.69 Å². The van der Waals surface area contributed by atoms with Gasteiger partial charge in [0.25, 0.3) is 5.56 Å². The molecule has 0 radical (unpaired) electrons. The number of aliphatic imine (C=N–C) groups is 1. The highest BCUT2D eigenvalue weighted by Gasteiger charge is 2.27. The van der Waals surface area contributed by atoms with Crippen molar-refractivity contribution in [2.45, 2.75) is 32.4 Å². The first-order valence-corrected chi connectivity index (χ1v) is 12.4. The molecule has 2 aromatic carbocycles. The van der Waals surface area contributed by atoms with E-state index in [1.807, 2.05) is 12.1 Å². The predicted octanol–water partition coefficient (Wildman–Crippen LogP) is 2.96. The van der Waals surface area contributed by atoms with E-state index in [-0.39, 0.29) is 18.1 Å². The van der Waals surface area contributed by atoms with Gasteiger partial charge < -0.3 is 15.4 Å². The molecular weight excluding hydrogens is 482 g/mol. The summed E-state index contributed by atoms with van der Waals surface area (Å²) in [5.74, 6) is 7.30. The minimum absolute atomic E-state index is 0.00621. The standard InChI is InChI=1S/C28H29N7O3/c1-4-5-17-34-24-25(31-27(34)33-16-10-11-19(29)18-33)32(3)28(37)35(26(24)36)21-13-7-9-15-23(21)38-22-14-8-6-12-20(22)30-2/h6-9,12-15,19H,2,10-11,16-18,29H2,1,3H3/t19-/m1/s1. The van der Waals surface area contributed by atoms with Crippen molar-refractivity contribution in [3.8, 4) is 29.0 Å². The van der Waals surface area contributed by atoms with E-state index in [1.54, 1.807) is 54.9 Å². The summed E-state index contributed by atoms with van der Waals surface area (Å²) in [6.45, 7) is 6.95. The number of hydrogen-bond donors (Lipinski definition) is 1. The smallest absolute Gasteiger partial charge is 0.337 e. The third-order valence-electron chi connectivity index (χ3n) is 6.65. The van der Waals surface area contributed by atoms with E-state index in [4.69, 9.17) is 15.5 Å². The summed E-state index contributed by atoms with van der Waals surface area (Å²) in [6.07, 6.45) is 1.84. The number of anilines is 1. The van der Waals surface area contributed by atoms with Gasteiger partial charge in [0.2, 0.25) is 5.95 Å². The molecule has 4 aromatic rings. The molecule has 1 fully saturated rings. The van der Waals surface area contributed by atoms with Gasteiger partial charge in [-0.25, -0.2) is 9.36 Å². The molecule has 0 spiro atoms. The average Bonchev–Trinajstić information content (AvgIpc) is 3.32. The molecule has 0 saturated carbocycles. The lowest BCUT2D eigenvalue weighted by atomic mass is 10.1. The lowest BCUT2D eigenvalue weighted by Gasteiger charge is -2.31. The van der Waals surface area contributed by atoms with Crippen molar-refractivity contribution in [3.05, 3.63) is 69.4 Å². The van der Waals surface area contributed by atoms with Crippen LogP contribution >= 0.6 is 0 Å². The van der Waals surface area contributed by atoms with E-state index in [1.165, 1.54) is 4.57 Å². The van der Waals surface area contributed by atoms with Crippen LogP contribution in [0.15, 0.2) is 63.1 Å². The Labute approximate surface area is 219 Å². The number of hydrogen-bond acceptors (Lipinski definition) is 7. The van der Waals surface area contributed by atoms with Crippen LogP contribution in [0.2, 0.25) is 0 Å². The van der Waals surface area contributed by atoms with Gasteiger partial charge in [-0.1, -0.05) is 30.2 Å². The number of piperidine rings is 1. The van der Waals surface area contributed by atoms with Crippen LogP contribution in [-0.2, 0) is 13.6 Å². The van der Waals surface area contributed by atoms with E-state index in [0.29, 0.717) is 41.0 Å². The van der Waals surface area contributed by atoms with E-state index in [9.17, 15) is 9.59 Å². The fourth-order valence-corrected chi connectivity index (χ4v) is 4.78. The molecule has 3 heterocycles. The Kier molecular flexibility index (Phi) is 6.85. The zero-order valence-electron chi connectivity index (χ0n) is 21.4. The number of aryl methyl sites for hydroxylation is 1. The predicted molar refractivity (Wildman–Crippen MR) is 149 cm³/mol. The summed E-state index contributed by atoms with van der Waals surface area (Å²) in [4.78, 5) is 38.5. The third-order valence-corrected chi connectivity index (χ3v) is 6.65. The molecule has 1 saturated heterocycles. The van der Waals surface area contributed by atoms with Crippen LogP contribution in [-0.4, -0.2) is 44.5 Å². The number of para-hydroxylation sites is 4. The van der Waals surface area contributed by atoms with Crippen LogP contribution < -0.4 is 26.6 Å². The quantitative estimate of drug-likeness (QED) is 0.315. The van der Waals surface area contributed by atoms with E-state index in [2.05, 4.69) is 28.5 Å². The van der Waals surface area contributed by atoms with Crippen LogP contribution in [0.3, 0.4) is 0 Å². The van der Waals surface area contributed by atoms with Crippen LogP contribution in [0.4, 0.5) is 11.6 Å². The number of benzene rings is 2. The highest BCUT2D eigenvalue weighted by atomic mass is 16.5. The zero-order chi connectivity index (χ0) is 26.8. The van der Waals surface area contributed by atoms with Crippen LogP contribution in [0.5, 0.6) is 11.5 Å². The van der Waals surface area contributed by atoms with Crippen molar-refractivity contribution in [1.29, 1.82) is 0 Å². The topological polar surface area (TPSA) is 113 Å². The summed E-state index contributed by atoms with van der Waals surface area (Å²) in [7, 11) is 1.61. The monoisotopic (exact) mass is 511 g/mol. The number of nitrogens with two attached hydrogens (primary N) is 1. The van der Waals surface area contributed by atoms with Crippen molar-refractivity contribution < 1.29 is 4.74 Å². The molecule has 10 heteroatoms. The first-order chi connectivity index (χ1) is 18.4. The Balaban J connectivity index is 1.74. The molecule has 1 aliphatic heterocycles. The lowest BCUT2D eigenvalue weighted by Crippen LogP contribution is -2.44. The second-order valence-electron chi connectivity index (χ2n) is 9.12. The minimum Gasteiger partial charge on any atom is -0.453 e. The average molecular weight is 512 g/mol. The summed E-state index contributed by atoms with van der Waals surface area (Å²) < 4.78 is 10.4. The molecule has 1 aliphatic rings. The van der Waals surface area contributed by atoms with Gasteiger partial charge >= 0.3 is 5.69 Å². The molecule has 0 aliphatic carbocycles. The second kappa shape index (κ2) is 10.4. The van der Waals surface area contributed by atoms with Gasteiger partial charge in [-0.15, -0.1) is 5.92 Å². The molecule has 2 aromatic heterocycles. The molecule has 38 heavy (non-hydrogen) atoms. The molecule has 0 bridgehead atoms. The Bertz CT molecular complexity index is 1700. The van der Waals surface area contributed by atoms with Gasteiger partial charge in [0.05, 0.1) is 12.2 Å². The lowest BCUT2D eigenvalue weighted by molar-refractivity contribution is 0.479. The Morgan fingerprint density at radius 2 is 1.89 bits per heavy atom. The molecule has 10 nitrogen and oxygen atoms in total. The molecule has 194 valence electrons. The SMILES string of the molecule is C=Nc1ccccc1Oc1ccccc1-n1c(=O)c2c(nc(N3CCC[C@@H](N)C3)n2CC#CC)n(C)c1=O. The van der Waals surface area contributed by atoms with Crippen molar-refractivity contribution >= 4 is 29.5 Å².